The molecule has 0 heterocycles. The Kier molecular flexibility index (Phi) is 10.5. The number of aliphatic hydroxyl groups is 3. The van der Waals surface area contributed by atoms with Crippen molar-refractivity contribution < 1.29 is 34.4 Å². The minimum Gasteiger partial charge on any atom is -0.391 e. The average Bonchev–Trinajstić information content (AvgIpc) is 2.32. The number of hydrogen-bond donors (Lipinski definition) is 4. The standard InChI is InChI=1S/C12H25NO7/c1-8(14)4-18-7-11(19-5-9(2)15)12(17)13-20-6-10(3)16/h8-11,14-16H,4-7H2,1-3H3,(H,13,17). The summed E-state index contributed by atoms with van der Waals surface area (Å²) in [7, 11) is 0. The Morgan fingerprint density at radius 1 is 0.950 bits per heavy atom. The highest BCUT2D eigenvalue weighted by atomic mass is 16.7. The maximum absolute atomic E-state index is 11.7. The first-order chi connectivity index (χ1) is 9.32. The van der Waals surface area contributed by atoms with E-state index >= 15 is 0 Å². The third-order valence-corrected chi connectivity index (χ3v) is 1.96. The van der Waals surface area contributed by atoms with Gasteiger partial charge in [0.25, 0.3) is 5.91 Å². The normalized spacial score (nSPS) is 17.3. The molecular weight excluding hydrogens is 270 g/mol. The Hall–Kier alpha value is -0.770. The quantitative estimate of drug-likeness (QED) is 0.345. The highest BCUT2D eigenvalue weighted by Crippen LogP contribution is 1.98. The predicted octanol–water partition coefficient (Wildman–Crippen LogP) is -1.42. The molecule has 0 rings (SSSR count). The number of amides is 1. The summed E-state index contributed by atoms with van der Waals surface area (Å²) in [4.78, 5) is 16.5. The zero-order chi connectivity index (χ0) is 15.5. The van der Waals surface area contributed by atoms with Gasteiger partial charge in [-0.1, -0.05) is 0 Å². The van der Waals surface area contributed by atoms with Crippen molar-refractivity contribution in [2.45, 2.75) is 45.2 Å². The molecule has 0 aromatic carbocycles. The second-order valence-corrected chi connectivity index (χ2v) is 4.68. The van der Waals surface area contributed by atoms with Crippen LogP contribution >= 0.6 is 0 Å². The fraction of sp³-hybridized carbons (Fsp3) is 0.917. The SMILES string of the molecule is CC(O)COCC(OCC(C)O)C(=O)NOCC(C)O. The van der Waals surface area contributed by atoms with E-state index in [2.05, 4.69) is 5.48 Å². The van der Waals surface area contributed by atoms with Crippen LogP contribution in [-0.2, 0) is 19.1 Å². The molecule has 8 nitrogen and oxygen atoms in total. The number of hydroxylamine groups is 1. The minimum atomic E-state index is -0.975. The van der Waals surface area contributed by atoms with Crippen LogP contribution in [0.5, 0.6) is 0 Å². The van der Waals surface area contributed by atoms with E-state index < -0.39 is 30.3 Å². The number of nitrogens with one attached hydrogen (secondary N) is 1. The molecule has 4 atom stereocenters. The molecule has 4 unspecified atom stereocenters. The number of carbonyl (C=O) groups is 1. The van der Waals surface area contributed by atoms with Crippen LogP contribution in [-0.4, -0.2) is 72.1 Å². The monoisotopic (exact) mass is 295 g/mol. The lowest BCUT2D eigenvalue weighted by Gasteiger charge is -2.19. The summed E-state index contributed by atoms with van der Waals surface area (Å²) in [5, 5.41) is 27.2. The van der Waals surface area contributed by atoms with Crippen molar-refractivity contribution in [3.8, 4) is 0 Å². The minimum absolute atomic E-state index is 0.0352. The summed E-state index contributed by atoms with van der Waals surface area (Å²) in [5.41, 5.74) is 2.13. The average molecular weight is 295 g/mol. The highest BCUT2D eigenvalue weighted by molar-refractivity contribution is 5.79. The molecule has 0 radical (unpaired) electrons. The van der Waals surface area contributed by atoms with Crippen LogP contribution in [0.1, 0.15) is 20.8 Å². The molecule has 0 spiro atoms. The summed E-state index contributed by atoms with van der Waals surface area (Å²) in [5.74, 6) is -0.586. The van der Waals surface area contributed by atoms with E-state index in [0.717, 1.165) is 0 Å². The van der Waals surface area contributed by atoms with Crippen molar-refractivity contribution in [3.63, 3.8) is 0 Å². The van der Waals surface area contributed by atoms with Crippen LogP contribution in [0.25, 0.3) is 0 Å². The number of ether oxygens (including phenoxy) is 2. The third kappa shape index (κ3) is 11.1. The number of hydrogen-bond acceptors (Lipinski definition) is 7. The Bertz CT molecular complexity index is 258. The van der Waals surface area contributed by atoms with Crippen molar-refractivity contribution in [2.24, 2.45) is 0 Å². The van der Waals surface area contributed by atoms with E-state index in [-0.39, 0.29) is 26.4 Å². The summed E-state index contributed by atoms with van der Waals surface area (Å²) in [6.07, 6.45) is -3.06. The van der Waals surface area contributed by atoms with E-state index in [1.54, 1.807) is 6.92 Å². The molecule has 1 amide bonds. The molecule has 0 bridgehead atoms. The lowest BCUT2D eigenvalue weighted by Crippen LogP contribution is -2.41. The maximum atomic E-state index is 11.7. The predicted molar refractivity (Wildman–Crippen MR) is 69.7 cm³/mol. The number of carbonyl (C=O) groups excluding carboxylic acids is 1. The zero-order valence-corrected chi connectivity index (χ0v) is 12.1. The molecule has 0 aliphatic rings. The fourth-order valence-corrected chi connectivity index (χ4v) is 1.10. The maximum Gasteiger partial charge on any atom is 0.275 e. The van der Waals surface area contributed by atoms with Crippen molar-refractivity contribution in [1.82, 2.24) is 5.48 Å². The van der Waals surface area contributed by atoms with Gasteiger partial charge < -0.3 is 24.8 Å². The first kappa shape index (κ1) is 19.2. The molecular formula is C12H25NO7. The van der Waals surface area contributed by atoms with Gasteiger partial charge in [0, 0.05) is 0 Å². The summed E-state index contributed by atoms with van der Waals surface area (Å²) >= 11 is 0. The van der Waals surface area contributed by atoms with Crippen LogP contribution < -0.4 is 5.48 Å². The smallest absolute Gasteiger partial charge is 0.275 e. The van der Waals surface area contributed by atoms with Gasteiger partial charge in [-0.3, -0.25) is 9.63 Å². The van der Waals surface area contributed by atoms with Gasteiger partial charge in [0.15, 0.2) is 6.10 Å². The topological polar surface area (TPSA) is 117 Å². The molecule has 0 aliphatic carbocycles. The first-order valence-corrected chi connectivity index (χ1v) is 6.48. The zero-order valence-electron chi connectivity index (χ0n) is 12.1. The molecule has 120 valence electrons. The Morgan fingerprint density at radius 3 is 2.00 bits per heavy atom. The van der Waals surface area contributed by atoms with Gasteiger partial charge in [-0.2, -0.15) is 0 Å². The Morgan fingerprint density at radius 2 is 1.50 bits per heavy atom. The Balaban J connectivity index is 4.15. The van der Waals surface area contributed by atoms with Crippen molar-refractivity contribution >= 4 is 5.91 Å². The van der Waals surface area contributed by atoms with Gasteiger partial charge in [-0.05, 0) is 20.8 Å². The lowest BCUT2D eigenvalue weighted by atomic mass is 10.3. The molecule has 0 aromatic rings. The van der Waals surface area contributed by atoms with Crippen molar-refractivity contribution in [1.29, 1.82) is 0 Å². The molecule has 0 saturated carbocycles. The second kappa shape index (κ2) is 11.0. The van der Waals surface area contributed by atoms with Gasteiger partial charge in [-0.25, -0.2) is 5.48 Å². The van der Waals surface area contributed by atoms with Crippen molar-refractivity contribution in [2.75, 3.05) is 26.4 Å². The number of aliphatic hydroxyl groups excluding tert-OH is 3. The van der Waals surface area contributed by atoms with Gasteiger partial charge in [0.1, 0.15) is 6.61 Å². The van der Waals surface area contributed by atoms with E-state index in [4.69, 9.17) is 29.6 Å². The molecule has 0 aliphatic heterocycles. The first-order valence-electron chi connectivity index (χ1n) is 6.48. The molecule has 20 heavy (non-hydrogen) atoms. The molecule has 0 aromatic heterocycles. The summed E-state index contributed by atoms with van der Waals surface area (Å²) in [6.45, 7) is 4.49. The van der Waals surface area contributed by atoms with Crippen LogP contribution in [0, 0.1) is 0 Å². The lowest BCUT2D eigenvalue weighted by molar-refractivity contribution is -0.154. The highest BCUT2D eigenvalue weighted by Gasteiger charge is 2.21. The van der Waals surface area contributed by atoms with Crippen molar-refractivity contribution in [3.05, 3.63) is 0 Å². The Labute approximate surface area is 118 Å². The van der Waals surface area contributed by atoms with Gasteiger partial charge in [0.05, 0.1) is 38.1 Å². The van der Waals surface area contributed by atoms with Gasteiger partial charge in [0.2, 0.25) is 0 Å². The van der Waals surface area contributed by atoms with Gasteiger partial charge >= 0.3 is 0 Å². The third-order valence-electron chi connectivity index (χ3n) is 1.96. The fourth-order valence-electron chi connectivity index (χ4n) is 1.10. The number of rotatable bonds is 11. The van der Waals surface area contributed by atoms with E-state index in [1.807, 2.05) is 0 Å². The van der Waals surface area contributed by atoms with Crippen LogP contribution in [0.3, 0.4) is 0 Å². The molecule has 0 fully saturated rings. The molecule has 0 saturated heterocycles. The summed E-state index contributed by atoms with van der Waals surface area (Å²) in [6, 6.07) is 0. The molecule has 8 heteroatoms. The van der Waals surface area contributed by atoms with E-state index in [9.17, 15) is 4.79 Å². The summed E-state index contributed by atoms with van der Waals surface area (Å²) < 4.78 is 10.3. The van der Waals surface area contributed by atoms with E-state index in [0.29, 0.717) is 0 Å². The van der Waals surface area contributed by atoms with Gasteiger partial charge in [-0.15, -0.1) is 0 Å². The van der Waals surface area contributed by atoms with Crippen LogP contribution in [0.15, 0.2) is 0 Å². The molecule has 4 N–H and O–H groups in total. The van der Waals surface area contributed by atoms with Crippen LogP contribution in [0.4, 0.5) is 0 Å². The van der Waals surface area contributed by atoms with Crippen LogP contribution in [0.2, 0.25) is 0 Å². The van der Waals surface area contributed by atoms with E-state index in [1.165, 1.54) is 13.8 Å². The largest absolute Gasteiger partial charge is 0.391 e. The second-order valence-electron chi connectivity index (χ2n) is 4.68.